The minimum Gasteiger partial charge on any atom is -0.381 e. The molecule has 1 N–H and O–H groups in total. The van der Waals surface area contributed by atoms with Gasteiger partial charge in [0.05, 0.1) is 0 Å². The van der Waals surface area contributed by atoms with E-state index in [4.69, 9.17) is 4.74 Å². The monoisotopic (exact) mass is 227 g/mol. The first-order valence-corrected chi connectivity index (χ1v) is 7.10. The van der Waals surface area contributed by atoms with Gasteiger partial charge in [-0.25, -0.2) is 0 Å². The third-order valence-electron chi connectivity index (χ3n) is 3.81. The lowest BCUT2D eigenvalue weighted by Gasteiger charge is -2.23. The van der Waals surface area contributed by atoms with Gasteiger partial charge in [0.2, 0.25) is 0 Å². The molecular formula is C14H29NO. The minimum atomic E-state index is 0.842. The highest BCUT2D eigenvalue weighted by Crippen LogP contribution is 2.32. The van der Waals surface area contributed by atoms with Crippen molar-refractivity contribution in [1.82, 2.24) is 5.32 Å². The van der Waals surface area contributed by atoms with Gasteiger partial charge in [-0.2, -0.15) is 0 Å². The lowest BCUT2D eigenvalue weighted by Crippen LogP contribution is -2.26. The Hall–Kier alpha value is -0.0800. The van der Waals surface area contributed by atoms with Crippen molar-refractivity contribution in [3.8, 4) is 0 Å². The summed E-state index contributed by atoms with van der Waals surface area (Å²) in [5, 5.41) is 3.34. The van der Waals surface area contributed by atoms with Gasteiger partial charge in [-0.05, 0) is 38.3 Å². The van der Waals surface area contributed by atoms with Gasteiger partial charge < -0.3 is 10.1 Å². The molecule has 16 heavy (non-hydrogen) atoms. The van der Waals surface area contributed by atoms with Gasteiger partial charge in [-0.3, -0.25) is 0 Å². The van der Waals surface area contributed by atoms with Crippen LogP contribution in [0.5, 0.6) is 0 Å². The van der Waals surface area contributed by atoms with E-state index in [1.165, 1.54) is 51.5 Å². The Bertz CT molecular complexity index is 155. The standard InChI is InChI=1S/C14H29NO/c1-3-4-10-16-11-9-14(12-15-2)13-7-5-6-8-13/h13-15H,3-12H2,1-2H3. The zero-order valence-corrected chi connectivity index (χ0v) is 11.1. The van der Waals surface area contributed by atoms with Gasteiger partial charge in [-0.1, -0.05) is 39.0 Å². The van der Waals surface area contributed by atoms with Crippen LogP contribution in [0.2, 0.25) is 0 Å². The molecule has 0 heterocycles. The van der Waals surface area contributed by atoms with Crippen molar-refractivity contribution in [2.75, 3.05) is 26.8 Å². The molecule has 0 bridgehead atoms. The SMILES string of the molecule is CCCCOCCC(CNC)C1CCCC1. The van der Waals surface area contributed by atoms with E-state index in [0.717, 1.165) is 25.0 Å². The second-order valence-corrected chi connectivity index (χ2v) is 5.12. The van der Waals surface area contributed by atoms with E-state index in [0.29, 0.717) is 0 Å². The van der Waals surface area contributed by atoms with Crippen molar-refractivity contribution < 1.29 is 4.74 Å². The van der Waals surface area contributed by atoms with Gasteiger partial charge in [0.15, 0.2) is 0 Å². The van der Waals surface area contributed by atoms with Crippen LogP contribution in [0, 0.1) is 11.8 Å². The summed E-state index contributed by atoms with van der Waals surface area (Å²) in [4.78, 5) is 0. The Morgan fingerprint density at radius 2 is 2.00 bits per heavy atom. The average Bonchev–Trinajstić information content (AvgIpc) is 2.81. The Balaban J connectivity index is 2.12. The molecular weight excluding hydrogens is 198 g/mol. The number of rotatable bonds is 9. The zero-order valence-electron chi connectivity index (χ0n) is 11.1. The molecule has 1 atom stereocenters. The molecule has 0 aromatic heterocycles. The molecule has 0 saturated heterocycles. The van der Waals surface area contributed by atoms with E-state index in [1.807, 2.05) is 0 Å². The predicted octanol–water partition coefficient (Wildman–Crippen LogP) is 3.22. The summed E-state index contributed by atoms with van der Waals surface area (Å²) in [6.45, 7) is 5.30. The first-order valence-electron chi connectivity index (χ1n) is 7.10. The third-order valence-corrected chi connectivity index (χ3v) is 3.81. The fourth-order valence-electron chi connectivity index (χ4n) is 2.78. The van der Waals surface area contributed by atoms with Crippen molar-refractivity contribution in [2.45, 2.75) is 51.9 Å². The zero-order chi connectivity index (χ0) is 11.6. The van der Waals surface area contributed by atoms with Crippen LogP contribution < -0.4 is 5.32 Å². The molecule has 1 aliphatic carbocycles. The summed E-state index contributed by atoms with van der Waals surface area (Å²) in [6, 6.07) is 0. The van der Waals surface area contributed by atoms with Crippen molar-refractivity contribution in [1.29, 1.82) is 0 Å². The first-order chi connectivity index (χ1) is 7.88. The van der Waals surface area contributed by atoms with Crippen LogP contribution in [0.3, 0.4) is 0 Å². The normalized spacial score (nSPS) is 19.1. The fraction of sp³-hybridized carbons (Fsp3) is 1.00. The molecule has 0 aromatic carbocycles. The van der Waals surface area contributed by atoms with Crippen LogP contribution in [0.4, 0.5) is 0 Å². The second-order valence-electron chi connectivity index (χ2n) is 5.12. The molecule has 0 spiro atoms. The number of nitrogens with one attached hydrogen (secondary N) is 1. The molecule has 2 nitrogen and oxygen atoms in total. The highest BCUT2D eigenvalue weighted by molar-refractivity contribution is 4.76. The number of hydrogen-bond acceptors (Lipinski definition) is 2. The lowest BCUT2D eigenvalue weighted by molar-refractivity contribution is 0.108. The average molecular weight is 227 g/mol. The number of hydrogen-bond donors (Lipinski definition) is 1. The van der Waals surface area contributed by atoms with Crippen molar-refractivity contribution in [2.24, 2.45) is 11.8 Å². The van der Waals surface area contributed by atoms with Crippen LogP contribution in [0.25, 0.3) is 0 Å². The molecule has 1 saturated carbocycles. The van der Waals surface area contributed by atoms with E-state index in [2.05, 4.69) is 19.3 Å². The summed E-state index contributed by atoms with van der Waals surface area (Å²) in [6.07, 6.45) is 9.48. The fourth-order valence-corrected chi connectivity index (χ4v) is 2.78. The summed E-state index contributed by atoms with van der Waals surface area (Å²) >= 11 is 0. The first kappa shape index (κ1) is 14.0. The van der Waals surface area contributed by atoms with Crippen LogP contribution in [0.1, 0.15) is 51.9 Å². The highest BCUT2D eigenvalue weighted by atomic mass is 16.5. The van der Waals surface area contributed by atoms with Gasteiger partial charge in [-0.15, -0.1) is 0 Å². The Morgan fingerprint density at radius 3 is 2.62 bits per heavy atom. The summed E-state index contributed by atoms with van der Waals surface area (Å²) < 4.78 is 5.68. The molecule has 1 unspecified atom stereocenters. The Kier molecular flexibility index (Phi) is 7.87. The molecule has 0 aliphatic heterocycles. The molecule has 96 valence electrons. The number of unbranched alkanes of at least 4 members (excludes halogenated alkanes) is 1. The highest BCUT2D eigenvalue weighted by Gasteiger charge is 2.23. The maximum absolute atomic E-state index is 5.68. The van der Waals surface area contributed by atoms with Crippen molar-refractivity contribution in [3.05, 3.63) is 0 Å². The van der Waals surface area contributed by atoms with Crippen LogP contribution in [0.15, 0.2) is 0 Å². The van der Waals surface area contributed by atoms with E-state index in [1.54, 1.807) is 0 Å². The molecule has 0 radical (unpaired) electrons. The smallest absolute Gasteiger partial charge is 0.0469 e. The summed E-state index contributed by atoms with van der Waals surface area (Å²) in [5.74, 6) is 1.80. The second kappa shape index (κ2) is 9.00. The van der Waals surface area contributed by atoms with E-state index in [-0.39, 0.29) is 0 Å². The Labute approximate surface area is 101 Å². The largest absolute Gasteiger partial charge is 0.381 e. The maximum Gasteiger partial charge on any atom is 0.0469 e. The summed E-state index contributed by atoms with van der Waals surface area (Å²) in [5.41, 5.74) is 0. The molecule has 1 fully saturated rings. The van der Waals surface area contributed by atoms with Crippen LogP contribution in [-0.2, 0) is 4.74 Å². The van der Waals surface area contributed by atoms with E-state index >= 15 is 0 Å². The quantitative estimate of drug-likeness (QED) is 0.611. The Morgan fingerprint density at radius 1 is 1.25 bits per heavy atom. The van der Waals surface area contributed by atoms with Crippen molar-refractivity contribution >= 4 is 0 Å². The predicted molar refractivity (Wildman–Crippen MR) is 69.7 cm³/mol. The van der Waals surface area contributed by atoms with E-state index < -0.39 is 0 Å². The summed E-state index contributed by atoms with van der Waals surface area (Å²) in [7, 11) is 2.07. The number of ether oxygens (including phenoxy) is 1. The maximum atomic E-state index is 5.68. The molecule has 1 aliphatic rings. The van der Waals surface area contributed by atoms with Gasteiger partial charge >= 0.3 is 0 Å². The van der Waals surface area contributed by atoms with Crippen LogP contribution in [-0.4, -0.2) is 26.8 Å². The van der Waals surface area contributed by atoms with Gasteiger partial charge in [0.25, 0.3) is 0 Å². The van der Waals surface area contributed by atoms with Gasteiger partial charge in [0.1, 0.15) is 0 Å². The molecule has 0 amide bonds. The van der Waals surface area contributed by atoms with Crippen molar-refractivity contribution in [3.63, 3.8) is 0 Å². The van der Waals surface area contributed by atoms with Crippen LogP contribution >= 0.6 is 0 Å². The minimum absolute atomic E-state index is 0.842. The molecule has 1 rings (SSSR count). The third kappa shape index (κ3) is 5.31. The van der Waals surface area contributed by atoms with E-state index in [9.17, 15) is 0 Å². The lowest BCUT2D eigenvalue weighted by atomic mass is 9.88. The molecule has 0 aromatic rings. The van der Waals surface area contributed by atoms with Gasteiger partial charge in [0, 0.05) is 13.2 Å². The molecule has 2 heteroatoms. The topological polar surface area (TPSA) is 21.3 Å².